The first kappa shape index (κ1) is 16.8. The second-order valence-corrected chi connectivity index (χ2v) is 6.26. The topological polar surface area (TPSA) is 76.3 Å². The van der Waals surface area contributed by atoms with E-state index in [1.807, 2.05) is 32.2 Å². The van der Waals surface area contributed by atoms with Crippen LogP contribution in [0.3, 0.4) is 0 Å². The SMILES string of the molecule is CNc1ccc(Cl)c([C@H]2COCCCN2c2cc(C)nc(N)n2)c1. The maximum atomic E-state index is 6.49. The molecule has 24 heavy (non-hydrogen) atoms. The predicted octanol–water partition coefficient (Wildman–Crippen LogP) is 3.03. The number of nitrogens with two attached hydrogens (primary N) is 1. The second kappa shape index (κ2) is 7.23. The highest BCUT2D eigenvalue weighted by Gasteiger charge is 2.27. The number of aryl methyl sites for hydroxylation is 1. The zero-order chi connectivity index (χ0) is 17.1. The smallest absolute Gasteiger partial charge is 0.222 e. The molecular formula is C17H22ClN5O. The third kappa shape index (κ3) is 3.55. The van der Waals surface area contributed by atoms with E-state index in [1.165, 1.54) is 0 Å². The fourth-order valence-electron chi connectivity index (χ4n) is 2.99. The van der Waals surface area contributed by atoms with E-state index in [9.17, 15) is 0 Å². The Morgan fingerprint density at radius 1 is 1.33 bits per heavy atom. The summed E-state index contributed by atoms with van der Waals surface area (Å²) in [4.78, 5) is 10.8. The van der Waals surface area contributed by atoms with Gasteiger partial charge in [0.25, 0.3) is 0 Å². The Morgan fingerprint density at radius 3 is 2.92 bits per heavy atom. The Hall–Kier alpha value is -2.05. The van der Waals surface area contributed by atoms with Gasteiger partial charge in [0.1, 0.15) is 5.82 Å². The van der Waals surface area contributed by atoms with E-state index >= 15 is 0 Å². The number of ether oxygens (including phenoxy) is 1. The number of hydrogen-bond acceptors (Lipinski definition) is 6. The van der Waals surface area contributed by atoms with Gasteiger partial charge in [-0.25, -0.2) is 4.98 Å². The van der Waals surface area contributed by atoms with Crippen molar-refractivity contribution in [3.8, 4) is 0 Å². The summed E-state index contributed by atoms with van der Waals surface area (Å²) in [6.45, 7) is 4.01. The maximum absolute atomic E-state index is 6.49. The quantitative estimate of drug-likeness (QED) is 0.888. The average Bonchev–Trinajstić information content (AvgIpc) is 2.80. The Labute approximate surface area is 147 Å². The average molecular weight is 348 g/mol. The van der Waals surface area contributed by atoms with Gasteiger partial charge in [0.05, 0.1) is 12.6 Å². The lowest BCUT2D eigenvalue weighted by Gasteiger charge is -2.31. The maximum Gasteiger partial charge on any atom is 0.222 e. The highest BCUT2D eigenvalue weighted by Crippen LogP contribution is 2.34. The fraction of sp³-hybridized carbons (Fsp3) is 0.412. The van der Waals surface area contributed by atoms with Gasteiger partial charge in [0.2, 0.25) is 5.95 Å². The highest BCUT2D eigenvalue weighted by atomic mass is 35.5. The molecule has 2 heterocycles. The molecule has 0 spiro atoms. The number of rotatable bonds is 3. The van der Waals surface area contributed by atoms with Gasteiger partial charge in [-0.3, -0.25) is 0 Å². The van der Waals surface area contributed by atoms with Crippen LogP contribution in [0, 0.1) is 6.92 Å². The van der Waals surface area contributed by atoms with Crippen LogP contribution in [-0.4, -0.2) is 36.8 Å². The molecule has 1 aliphatic rings. The third-order valence-electron chi connectivity index (χ3n) is 4.14. The molecule has 3 rings (SSSR count). The Kier molecular flexibility index (Phi) is 5.06. The molecule has 7 heteroatoms. The van der Waals surface area contributed by atoms with Gasteiger partial charge in [-0.2, -0.15) is 4.98 Å². The van der Waals surface area contributed by atoms with Crippen LogP contribution in [0.25, 0.3) is 0 Å². The van der Waals surface area contributed by atoms with Crippen molar-refractivity contribution in [2.75, 3.05) is 42.8 Å². The van der Waals surface area contributed by atoms with Crippen LogP contribution in [0.1, 0.15) is 23.7 Å². The summed E-state index contributed by atoms with van der Waals surface area (Å²) in [6.07, 6.45) is 0.919. The van der Waals surface area contributed by atoms with E-state index in [0.717, 1.165) is 42.3 Å². The van der Waals surface area contributed by atoms with E-state index < -0.39 is 0 Å². The number of nitrogens with one attached hydrogen (secondary N) is 1. The summed E-state index contributed by atoms with van der Waals surface area (Å²) in [6, 6.07) is 7.85. The first-order chi connectivity index (χ1) is 11.6. The zero-order valence-corrected chi connectivity index (χ0v) is 14.7. The molecule has 6 nitrogen and oxygen atoms in total. The van der Waals surface area contributed by atoms with Crippen molar-refractivity contribution in [3.05, 3.63) is 40.5 Å². The van der Waals surface area contributed by atoms with Gasteiger partial charge >= 0.3 is 0 Å². The molecule has 0 saturated carbocycles. The Bertz CT molecular complexity index is 704. The minimum Gasteiger partial charge on any atom is -0.388 e. The normalized spacial score (nSPS) is 18.3. The Balaban J connectivity index is 2.05. The van der Waals surface area contributed by atoms with Crippen molar-refractivity contribution < 1.29 is 4.74 Å². The van der Waals surface area contributed by atoms with Gasteiger partial charge in [-0.15, -0.1) is 0 Å². The molecule has 3 N–H and O–H groups in total. The monoisotopic (exact) mass is 347 g/mol. The number of halogens is 1. The molecule has 0 amide bonds. The molecule has 1 aromatic carbocycles. The van der Waals surface area contributed by atoms with Crippen LogP contribution in [0.5, 0.6) is 0 Å². The number of anilines is 3. The van der Waals surface area contributed by atoms with E-state index in [2.05, 4.69) is 26.3 Å². The van der Waals surface area contributed by atoms with Crippen molar-refractivity contribution >= 4 is 29.1 Å². The van der Waals surface area contributed by atoms with Crippen molar-refractivity contribution in [3.63, 3.8) is 0 Å². The van der Waals surface area contributed by atoms with E-state index in [4.69, 9.17) is 22.1 Å². The Morgan fingerprint density at radius 2 is 2.17 bits per heavy atom. The van der Waals surface area contributed by atoms with Gasteiger partial charge < -0.3 is 20.7 Å². The summed E-state index contributed by atoms with van der Waals surface area (Å²) in [7, 11) is 1.89. The lowest BCUT2D eigenvalue weighted by Crippen LogP contribution is -2.32. The molecule has 1 saturated heterocycles. The van der Waals surface area contributed by atoms with Gasteiger partial charge in [0, 0.05) is 42.7 Å². The second-order valence-electron chi connectivity index (χ2n) is 5.85. The number of benzene rings is 1. The first-order valence-electron chi connectivity index (χ1n) is 8.01. The van der Waals surface area contributed by atoms with Crippen LogP contribution < -0.4 is 16.0 Å². The van der Waals surface area contributed by atoms with Crippen molar-refractivity contribution in [1.29, 1.82) is 0 Å². The highest BCUT2D eigenvalue weighted by molar-refractivity contribution is 6.31. The summed E-state index contributed by atoms with van der Waals surface area (Å²) in [5.74, 6) is 1.09. The van der Waals surface area contributed by atoms with Crippen molar-refractivity contribution in [2.24, 2.45) is 0 Å². The fourth-order valence-corrected chi connectivity index (χ4v) is 3.23. The molecule has 1 atom stereocenters. The minimum atomic E-state index is -0.0259. The lowest BCUT2D eigenvalue weighted by molar-refractivity contribution is 0.134. The number of nitrogen functional groups attached to an aromatic ring is 1. The summed E-state index contributed by atoms with van der Waals surface area (Å²) in [5.41, 5.74) is 8.72. The van der Waals surface area contributed by atoms with Gasteiger partial charge in [-0.1, -0.05) is 11.6 Å². The zero-order valence-electron chi connectivity index (χ0n) is 13.9. The molecule has 1 aromatic heterocycles. The van der Waals surface area contributed by atoms with Crippen LogP contribution in [0.15, 0.2) is 24.3 Å². The molecule has 128 valence electrons. The standard InChI is InChI=1S/C17H22ClN5O/c1-11-8-16(22-17(19)21-11)23-6-3-7-24-10-15(23)13-9-12(20-2)4-5-14(13)18/h4-5,8-9,15,20H,3,6-7,10H2,1-2H3,(H2,19,21,22)/t15-/m1/s1. The lowest BCUT2D eigenvalue weighted by atomic mass is 10.0. The van der Waals surface area contributed by atoms with Crippen LogP contribution >= 0.6 is 11.6 Å². The largest absolute Gasteiger partial charge is 0.388 e. The molecule has 0 bridgehead atoms. The van der Waals surface area contributed by atoms with E-state index in [1.54, 1.807) is 0 Å². The minimum absolute atomic E-state index is 0.0259. The van der Waals surface area contributed by atoms with Crippen LogP contribution in [0.2, 0.25) is 5.02 Å². The van der Waals surface area contributed by atoms with Crippen molar-refractivity contribution in [1.82, 2.24) is 9.97 Å². The van der Waals surface area contributed by atoms with Gasteiger partial charge in [-0.05, 0) is 37.1 Å². The summed E-state index contributed by atoms with van der Waals surface area (Å²) in [5, 5.41) is 3.87. The summed E-state index contributed by atoms with van der Waals surface area (Å²) < 4.78 is 5.81. The summed E-state index contributed by atoms with van der Waals surface area (Å²) >= 11 is 6.49. The molecule has 0 aliphatic carbocycles. The van der Waals surface area contributed by atoms with E-state index in [0.29, 0.717) is 11.6 Å². The molecule has 1 fully saturated rings. The molecule has 0 unspecified atom stereocenters. The van der Waals surface area contributed by atoms with Crippen LogP contribution in [-0.2, 0) is 4.74 Å². The van der Waals surface area contributed by atoms with Crippen LogP contribution in [0.4, 0.5) is 17.5 Å². The molecule has 2 aromatic rings. The molecule has 0 radical (unpaired) electrons. The number of nitrogens with zero attached hydrogens (tertiary/aromatic N) is 3. The van der Waals surface area contributed by atoms with Gasteiger partial charge in [0.15, 0.2) is 0 Å². The first-order valence-corrected chi connectivity index (χ1v) is 8.39. The third-order valence-corrected chi connectivity index (χ3v) is 4.48. The number of aromatic nitrogens is 2. The number of hydrogen-bond donors (Lipinski definition) is 2. The molecular weight excluding hydrogens is 326 g/mol. The predicted molar refractivity (Wildman–Crippen MR) is 97.7 cm³/mol. The molecule has 1 aliphatic heterocycles. The van der Waals surface area contributed by atoms with E-state index in [-0.39, 0.29) is 12.0 Å². The van der Waals surface area contributed by atoms with Crippen molar-refractivity contribution in [2.45, 2.75) is 19.4 Å².